The van der Waals surface area contributed by atoms with Crippen LogP contribution in [0, 0.1) is 0 Å². The summed E-state index contributed by atoms with van der Waals surface area (Å²) in [5.41, 5.74) is -0.404. The lowest BCUT2D eigenvalue weighted by molar-refractivity contribution is -0.123. The Morgan fingerprint density at radius 3 is 2.17 bits per heavy atom. The third-order valence-electron chi connectivity index (χ3n) is 1.49. The highest BCUT2D eigenvalue weighted by Gasteiger charge is 2.20. The molecule has 1 N–H and O–H groups in total. The predicted molar refractivity (Wildman–Crippen MR) is 47.8 cm³/mol. The first-order valence-electron chi connectivity index (χ1n) is 4.18. The molecule has 0 bridgehead atoms. The van der Waals surface area contributed by atoms with E-state index < -0.39 is 5.54 Å². The molecule has 0 aliphatic heterocycles. The van der Waals surface area contributed by atoms with Crippen LogP contribution in [0.5, 0.6) is 0 Å². The molecule has 0 radical (unpaired) electrons. The molecule has 0 atom stereocenters. The Morgan fingerprint density at radius 2 is 1.83 bits per heavy atom. The zero-order valence-corrected chi connectivity index (χ0v) is 8.23. The van der Waals surface area contributed by atoms with E-state index in [-0.39, 0.29) is 11.7 Å². The van der Waals surface area contributed by atoms with Crippen molar-refractivity contribution in [2.75, 3.05) is 0 Å². The number of ketones is 1. The van der Waals surface area contributed by atoms with E-state index in [4.69, 9.17) is 0 Å². The van der Waals surface area contributed by atoms with Crippen LogP contribution in [-0.2, 0) is 9.59 Å². The molecule has 0 saturated heterocycles. The number of carbonyl (C=O) groups excluding carboxylic acids is 2. The van der Waals surface area contributed by atoms with E-state index in [1.807, 2.05) is 13.8 Å². The molecule has 0 fully saturated rings. The zero-order valence-electron chi connectivity index (χ0n) is 8.23. The van der Waals surface area contributed by atoms with Crippen molar-refractivity contribution in [1.29, 1.82) is 0 Å². The van der Waals surface area contributed by atoms with E-state index in [0.717, 1.165) is 0 Å². The number of nitrogens with one attached hydrogen (secondary N) is 1. The van der Waals surface area contributed by atoms with Gasteiger partial charge in [-0.15, -0.1) is 0 Å². The molecule has 0 saturated carbocycles. The Morgan fingerprint density at radius 1 is 1.33 bits per heavy atom. The van der Waals surface area contributed by atoms with Gasteiger partial charge in [0.1, 0.15) is 5.78 Å². The van der Waals surface area contributed by atoms with E-state index in [9.17, 15) is 9.59 Å². The maximum Gasteiger partial charge on any atom is 0.220 e. The molecule has 0 aliphatic rings. The van der Waals surface area contributed by atoms with Gasteiger partial charge in [-0.25, -0.2) is 0 Å². The predicted octanol–water partition coefficient (Wildman–Crippen LogP) is 1.27. The molecule has 3 nitrogen and oxygen atoms in total. The van der Waals surface area contributed by atoms with Crippen LogP contribution in [-0.4, -0.2) is 17.2 Å². The summed E-state index contributed by atoms with van der Waals surface area (Å²) in [4.78, 5) is 21.8. The molecular formula is C9H17NO2. The lowest BCUT2D eigenvalue weighted by Crippen LogP contribution is -2.44. The van der Waals surface area contributed by atoms with Gasteiger partial charge in [-0.2, -0.15) is 0 Å². The summed E-state index contributed by atoms with van der Waals surface area (Å²) in [5, 5.41) is 2.78. The van der Waals surface area contributed by atoms with E-state index in [1.165, 1.54) is 6.92 Å². The normalized spacial score (nSPS) is 11.0. The molecule has 0 aromatic rings. The van der Waals surface area contributed by atoms with Crippen molar-refractivity contribution in [3.05, 3.63) is 0 Å². The van der Waals surface area contributed by atoms with Gasteiger partial charge in [0.05, 0.1) is 0 Å². The third kappa shape index (κ3) is 4.88. The third-order valence-corrected chi connectivity index (χ3v) is 1.49. The number of hydrogen-bond acceptors (Lipinski definition) is 2. The van der Waals surface area contributed by atoms with Crippen LogP contribution >= 0.6 is 0 Å². The average Bonchev–Trinajstić information content (AvgIpc) is 1.83. The standard InChI is InChI=1S/C9H17NO2/c1-5-8(12)10-9(3,4)6-7(2)11/h5-6H2,1-4H3,(H,10,12). The molecule has 0 spiro atoms. The summed E-state index contributed by atoms with van der Waals surface area (Å²) >= 11 is 0. The number of hydrogen-bond donors (Lipinski definition) is 1. The monoisotopic (exact) mass is 171 g/mol. The Bertz CT molecular complexity index is 185. The molecule has 0 aliphatic carbocycles. The van der Waals surface area contributed by atoms with E-state index in [1.54, 1.807) is 6.92 Å². The summed E-state index contributed by atoms with van der Waals surface area (Å²) in [6.07, 6.45) is 0.847. The summed E-state index contributed by atoms with van der Waals surface area (Å²) < 4.78 is 0. The van der Waals surface area contributed by atoms with Crippen molar-refractivity contribution in [2.45, 2.75) is 46.1 Å². The summed E-state index contributed by atoms with van der Waals surface area (Å²) in [5.74, 6) is 0.0812. The first-order chi connectivity index (χ1) is 5.37. The molecule has 0 rings (SSSR count). The van der Waals surface area contributed by atoms with Gasteiger partial charge < -0.3 is 5.32 Å². The molecule has 3 heteroatoms. The van der Waals surface area contributed by atoms with Gasteiger partial charge in [-0.1, -0.05) is 6.92 Å². The van der Waals surface area contributed by atoms with E-state index >= 15 is 0 Å². The Balaban J connectivity index is 4.03. The highest BCUT2D eigenvalue weighted by Crippen LogP contribution is 2.08. The minimum atomic E-state index is -0.404. The topological polar surface area (TPSA) is 46.2 Å². The maximum absolute atomic E-state index is 11.0. The largest absolute Gasteiger partial charge is 0.351 e. The quantitative estimate of drug-likeness (QED) is 0.692. The van der Waals surface area contributed by atoms with Crippen molar-refractivity contribution < 1.29 is 9.59 Å². The first-order valence-corrected chi connectivity index (χ1v) is 4.18. The summed E-state index contributed by atoms with van der Waals surface area (Å²) in [6, 6.07) is 0. The molecule has 0 aromatic heterocycles. The Kier molecular flexibility index (Phi) is 3.93. The Labute approximate surface area is 73.5 Å². The van der Waals surface area contributed by atoms with Crippen LogP contribution < -0.4 is 5.32 Å². The van der Waals surface area contributed by atoms with Gasteiger partial charge in [-0.05, 0) is 20.8 Å². The summed E-state index contributed by atoms with van der Waals surface area (Å²) in [6.45, 7) is 7.02. The fourth-order valence-corrected chi connectivity index (χ4v) is 1.13. The second-order valence-corrected chi connectivity index (χ2v) is 3.66. The van der Waals surface area contributed by atoms with E-state index in [0.29, 0.717) is 12.8 Å². The maximum atomic E-state index is 11.0. The number of amides is 1. The van der Waals surface area contributed by atoms with Crippen molar-refractivity contribution in [3.8, 4) is 0 Å². The lowest BCUT2D eigenvalue weighted by atomic mass is 9.98. The van der Waals surface area contributed by atoms with Gasteiger partial charge in [0.2, 0.25) is 5.91 Å². The zero-order chi connectivity index (χ0) is 9.78. The molecule has 12 heavy (non-hydrogen) atoms. The van der Waals surface area contributed by atoms with E-state index in [2.05, 4.69) is 5.32 Å². The van der Waals surface area contributed by atoms with Crippen molar-refractivity contribution >= 4 is 11.7 Å². The Hall–Kier alpha value is -0.860. The molecular weight excluding hydrogens is 154 g/mol. The van der Waals surface area contributed by atoms with Crippen LogP contribution in [0.25, 0.3) is 0 Å². The molecule has 0 heterocycles. The lowest BCUT2D eigenvalue weighted by Gasteiger charge is -2.24. The smallest absolute Gasteiger partial charge is 0.220 e. The fourth-order valence-electron chi connectivity index (χ4n) is 1.13. The van der Waals surface area contributed by atoms with Crippen molar-refractivity contribution in [2.24, 2.45) is 0 Å². The second kappa shape index (κ2) is 4.24. The van der Waals surface area contributed by atoms with Gasteiger partial charge in [0.25, 0.3) is 0 Å². The highest BCUT2D eigenvalue weighted by molar-refractivity contribution is 5.80. The molecule has 0 aromatic carbocycles. The second-order valence-electron chi connectivity index (χ2n) is 3.66. The molecule has 0 unspecified atom stereocenters. The van der Waals surface area contributed by atoms with Crippen LogP contribution in [0.4, 0.5) is 0 Å². The van der Waals surface area contributed by atoms with Crippen LogP contribution in [0.15, 0.2) is 0 Å². The number of carbonyl (C=O) groups is 2. The SMILES string of the molecule is CCC(=O)NC(C)(C)CC(C)=O. The number of Topliss-reactive ketones (excluding diaryl/α,β-unsaturated/α-hetero) is 1. The van der Waals surface area contributed by atoms with Gasteiger partial charge in [0.15, 0.2) is 0 Å². The number of rotatable bonds is 4. The van der Waals surface area contributed by atoms with Crippen LogP contribution in [0.2, 0.25) is 0 Å². The van der Waals surface area contributed by atoms with Gasteiger partial charge in [-0.3, -0.25) is 9.59 Å². The van der Waals surface area contributed by atoms with Crippen molar-refractivity contribution in [1.82, 2.24) is 5.32 Å². The highest BCUT2D eigenvalue weighted by atomic mass is 16.2. The average molecular weight is 171 g/mol. The summed E-state index contributed by atoms with van der Waals surface area (Å²) in [7, 11) is 0. The minimum Gasteiger partial charge on any atom is -0.351 e. The van der Waals surface area contributed by atoms with Crippen LogP contribution in [0.3, 0.4) is 0 Å². The van der Waals surface area contributed by atoms with Crippen molar-refractivity contribution in [3.63, 3.8) is 0 Å². The fraction of sp³-hybridized carbons (Fsp3) is 0.778. The van der Waals surface area contributed by atoms with Gasteiger partial charge >= 0.3 is 0 Å². The van der Waals surface area contributed by atoms with Crippen LogP contribution in [0.1, 0.15) is 40.5 Å². The minimum absolute atomic E-state index is 0.0127. The van der Waals surface area contributed by atoms with Gasteiger partial charge in [0, 0.05) is 18.4 Å². The molecule has 1 amide bonds. The first kappa shape index (κ1) is 11.1. The molecule has 70 valence electrons.